The molecule has 3 aromatic heterocycles. The summed E-state index contributed by atoms with van der Waals surface area (Å²) >= 11 is 0. The van der Waals surface area contributed by atoms with Crippen molar-refractivity contribution in [3.8, 4) is 22.6 Å². The van der Waals surface area contributed by atoms with Gasteiger partial charge in [-0.05, 0) is 55.0 Å². The molecule has 5 rings (SSSR count). The summed E-state index contributed by atoms with van der Waals surface area (Å²) in [7, 11) is 0. The molecule has 0 spiro atoms. The minimum Gasteiger partial charge on any atom is -0.352 e. The third kappa shape index (κ3) is 6.00. The highest BCUT2D eigenvalue weighted by molar-refractivity contribution is 5.82. The van der Waals surface area contributed by atoms with E-state index in [0.29, 0.717) is 47.5 Å². The molecule has 0 unspecified atom stereocenters. The number of hydrogen-bond donors (Lipinski definition) is 3. The van der Waals surface area contributed by atoms with E-state index in [9.17, 15) is 9.18 Å². The molecule has 1 saturated heterocycles. The Morgan fingerprint density at radius 1 is 1.13 bits per heavy atom. The average molecular weight is 530 g/mol. The van der Waals surface area contributed by atoms with Gasteiger partial charge in [-0.2, -0.15) is 0 Å². The number of aromatic nitrogens is 5. The van der Waals surface area contributed by atoms with E-state index in [1.807, 2.05) is 12.1 Å². The Morgan fingerprint density at radius 2 is 1.87 bits per heavy atom. The van der Waals surface area contributed by atoms with Crippen LogP contribution >= 0.6 is 0 Å². The number of carbonyl (C=O) groups is 1. The fourth-order valence-corrected chi connectivity index (χ4v) is 4.05. The number of aromatic amines is 1. The Bertz CT molecular complexity index is 1440. The van der Waals surface area contributed by atoms with Crippen molar-refractivity contribution < 1.29 is 18.7 Å². The van der Waals surface area contributed by atoms with Crippen LogP contribution in [0.2, 0.25) is 0 Å². The number of pyridine rings is 1. The van der Waals surface area contributed by atoms with E-state index < -0.39 is 11.7 Å². The Balaban J connectivity index is 1.41. The van der Waals surface area contributed by atoms with Gasteiger partial charge < -0.3 is 25.1 Å². The topological polar surface area (TPSA) is 127 Å². The van der Waals surface area contributed by atoms with Crippen LogP contribution in [0.1, 0.15) is 24.6 Å². The molecule has 1 fully saturated rings. The molecule has 1 amide bonds. The molecular formula is C28H28FN7O3. The van der Waals surface area contributed by atoms with Crippen molar-refractivity contribution in [3.63, 3.8) is 0 Å². The molecule has 0 atom stereocenters. The molecule has 11 heteroatoms. The van der Waals surface area contributed by atoms with E-state index in [4.69, 9.17) is 14.5 Å². The van der Waals surface area contributed by atoms with Crippen LogP contribution in [-0.4, -0.2) is 50.6 Å². The number of nitrogens with zero attached hydrogens (tertiary/aromatic N) is 4. The van der Waals surface area contributed by atoms with Crippen LogP contribution in [0.4, 0.5) is 10.3 Å². The largest absolute Gasteiger partial charge is 0.352 e. The van der Waals surface area contributed by atoms with Gasteiger partial charge in [-0.15, -0.1) is 6.58 Å². The van der Waals surface area contributed by atoms with Crippen LogP contribution in [-0.2, 0) is 20.8 Å². The Kier molecular flexibility index (Phi) is 7.71. The van der Waals surface area contributed by atoms with Crippen LogP contribution in [0.5, 0.6) is 0 Å². The van der Waals surface area contributed by atoms with Crippen LogP contribution in [0.25, 0.3) is 22.6 Å². The van der Waals surface area contributed by atoms with Crippen molar-refractivity contribution in [2.45, 2.75) is 19.8 Å². The number of benzene rings is 1. The summed E-state index contributed by atoms with van der Waals surface area (Å²) in [5.74, 6) is 0.300. The molecule has 10 nitrogen and oxygen atoms in total. The second-order valence-corrected chi connectivity index (χ2v) is 9.34. The van der Waals surface area contributed by atoms with E-state index >= 15 is 0 Å². The Hall–Kier alpha value is -4.48. The number of nitrogens with one attached hydrogen (secondary N) is 3. The van der Waals surface area contributed by atoms with Gasteiger partial charge in [0.15, 0.2) is 5.82 Å². The summed E-state index contributed by atoms with van der Waals surface area (Å²) in [6.45, 7) is 6.56. The molecule has 0 radical (unpaired) electrons. The Morgan fingerprint density at radius 3 is 2.59 bits per heavy atom. The third-order valence-electron chi connectivity index (χ3n) is 6.24. The molecule has 3 N–H and O–H groups in total. The van der Waals surface area contributed by atoms with Crippen LogP contribution < -0.4 is 10.6 Å². The summed E-state index contributed by atoms with van der Waals surface area (Å²) in [6, 6.07) is 11.6. The third-order valence-corrected chi connectivity index (χ3v) is 6.24. The molecule has 39 heavy (non-hydrogen) atoms. The lowest BCUT2D eigenvalue weighted by molar-refractivity contribution is -0.230. The summed E-state index contributed by atoms with van der Waals surface area (Å²) in [4.78, 5) is 33.6. The number of imidazole rings is 1. The van der Waals surface area contributed by atoms with Crippen molar-refractivity contribution in [3.05, 3.63) is 90.9 Å². The zero-order valence-electron chi connectivity index (χ0n) is 21.4. The van der Waals surface area contributed by atoms with Crippen molar-refractivity contribution in [2.75, 3.05) is 25.1 Å². The minimum atomic E-state index is -0.850. The van der Waals surface area contributed by atoms with Gasteiger partial charge in [-0.25, -0.2) is 19.3 Å². The molecule has 1 aromatic carbocycles. The zero-order chi connectivity index (χ0) is 27.2. The standard InChI is InChI=1S/C28H28FN7O3/c1-3-11-31-26(37)28(2)16-38-25(39-17-28)24-35-22(19-4-6-20(29)7-5-19)23(36-24)21-10-14-32-27(34-21)33-15-18-8-12-30-13-9-18/h3-10,12-14,25H,1,11,15-17H2,2H3,(H,31,37)(H,35,36)(H,32,33,34). The summed E-state index contributed by atoms with van der Waals surface area (Å²) in [6.07, 6.45) is 5.88. The second-order valence-electron chi connectivity index (χ2n) is 9.34. The first-order valence-corrected chi connectivity index (χ1v) is 12.4. The maximum atomic E-state index is 13.7. The SMILES string of the molecule is C=CCNC(=O)C1(C)COC(c2nc(-c3ccc(F)cc3)c(-c3ccnc(NCc4ccncc4)n3)[nH]2)OC1. The fraction of sp³-hybridized carbons (Fsp3) is 0.250. The molecule has 0 aliphatic carbocycles. The van der Waals surface area contributed by atoms with Crippen molar-refractivity contribution in [1.29, 1.82) is 0 Å². The van der Waals surface area contributed by atoms with Crippen molar-refractivity contribution >= 4 is 11.9 Å². The number of rotatable bonds is 9. The highest BCUT2D eigenvalue weighted by Crippen LogP contribution is 2.35. The van der Waals surface area contributed by atoms with Gasteiger partial charge in [-0.3, -0.25) is 9.78 Å². The van der Waals surface area contributed by atoms with Gasteiger partial charge in [0.2, 0.25) is 18.1 Å². The van der Waals surface area contributed by atoms with E-state index in [1.54, 1.807) is 49.8 Å². The molecule has 0 bridgehead atoms. The highest BCUT2D eigenvalue weighted by atomic mass is 19.1. The minimum absolute atomic E-state index is 0.138. The van der Waals surface area contributed by atoms with Crippen LogP contribution in [0.3, 0.4) is 0 Å². The monoisotopic (exact) mass is 529 g/mol. The molecule has 0 saturated carbocycles. The maximum Gasteiger partial charge on any atom is 0.230 e. The summed E-state index contributed by atoms with van der Waals surface area (Å²) in [5.41, 5.74) is 2.58. The van der Waals surface area contributed by atoms with E-state index in [1.165, 1.54) is 12.1 Å². The van der Waals surface area contributed by atoms with Gasteiger partial charge >= 0.3 is 0 Å². The number of hydrogen-bond acceptors (Lipinski definition) is 8. The Labute approximate surface area is 224 Å². The molecule has 4 aromatic rings. The molecule has 4 heterocycles. The molecule has 1 aliphatic heterocycles. The molecular weight excluding hydrogens is 501 g/mol. The van der Waals surface area contributed by atoms with Crippen molar-refractivity contribution in [1.82, 2.24) is 30.2 Å². The van der Waals surface area contributed by atoms with Gasteiger partial charge in [-0.1, -0.05) is 6.08 Å². The second kappa shape index (κ2) is 11.5. The van der Waals surface area contributed by atoms with Gasteiger partial charge in [0, 0.05) is 37.2 Å². The van der Waals surface area contributed by atoms with E-state index in [0.717, 1.165) is 5.56 Å². The lowest BCUT2D eigenvalue weighted by Gasteiger charge is -2.35. The van der Waals surface area contributed by atoms with Gasteiger partial charge in [0.05, 0.1) is 35.7 Å². The number of carbonyl (C=O) groups excluding carboxylic acids is 1. The number of anilines is 1. The van der Waals surface area contributed by atoms with Crippen molar-refractivity contribution in [2.24, 2.45) is 5.41 Å². The van der Waals surface area contributed by atoms with Crippen LogP contribution in [0.15, 0.2) is 73.7 Å². The lowest BCUT2D eigenvalue weighted by atomic mass is 9.91. The van der Waals surface area contributed by atoms with E-state index in [2.05, 4.69) is 37.1 Å². The summed E-state index contributed by atoms with van der Waals surface area (Å²) < 4.78 is 25.6. The number of ether oxygens (including phenoxy) is 2. The number of amides is 1. The highest BCUT2D eigenvalue weighted by Gasteiger charge is 2.40. The first-order chi connectivity index (χ1) is 18.9. The quantitative estimate of drug-likeness (QED) is 0.277. The average Bonchev–Trinajstić information content (AvgIpc) is 3.42. The summed E-state index contributed by atoms with van der Waals surface area (Å²) in [5, 5.41) is 6.00. The zero-order valence-corrected chi connectivity index (χ0v) is 21.4. The normalized spacial score (nSPS) is 18.9. The lowest BCUT2D eigenvalue weighted by Crippen LogP contribution is -2.48. The van der Waals surface area contributed by atoms with Gasteiger partial charge in [0.25, 0.3) is 0 Å². The van der Waals surface area contributed by atoms with E-state index in [-0.39, 0.29) is 24.9 Å². The molecule has 1 aliphatic rings. The van der Waals surface area contributed by atoms with Gasteiger partial charge in [0.1, 0.15) is 5.82 Å². The number of halogens is 1. The van der Waals surface area contributed by atoms with Crippen LogP contribution in [0, 0.1) is 11.2 Å². The first kappa shape index (κ1) is 26.1. The predicted octanol–water partition coefficient (Wildman–Crippen LogP) is 4.03. The molecule has 200 valence electrons. The maximum absolute atomic E-state index is 13.7. The smallest absolute Gasteiger partial charge is 0.230 e. The number of H-pyrrole nitrogens is 1. The predicted molar refractivity (Wildman–Crippen MR) is 143 cm³/mol. The fourth-order valence-electron chi connectivity index (χ4n) is 4.05. The first-order valence-electron chi connectivity index (χ1n) is 12.4.